The molecule has 0 saturated carbocycles. The molecule has 0 amide bonds. The van der Waals surface area contributed by atoms with Gasteiger partial charge in [0.1, 0.15) is 5.69 Å². The second kappa shape index (κ2) is 5.33. The summed E-state index contributed by atoms with van der Waals surface area (Å²) in [4.78, 5) is 12.9. The largest absolute Gasteiger partial charge is 0.286 e. The minimum absolute atomic E-state index is 0.0725. The summed E-state index contributed by atoms with van der Waals surface area (Å²) < 4.78 is 2.59. The van der Waals surface area contributed by atoms with Crippen molar-refractivity contribution in [2.24, 2.45) is 0 Å². The smallest absolute Gasteiger partial charge is 0.222 e. The lowest BCUT2D eigenvalue weighted by Crippen LogP contribution is -2.10. The van der Waals surface area contributed by atoms with Crippen molar-refractivity contribution in [2.75, 3.05) is 0 Å². The van der Waals surface area contributed by atoms with E-state index >= 15 is 0 Å². The third-order valence-electron chi connectivity index (χ3n) is 2.24. The van der Waals surface area contributed by atoms with Gasteiger partial charge in [-0.1, -0.05) is 18.5 Å². The van der Waals surface area contributed by atoms with Crippen LogP contribution >= 0.6 is 38.9 Å². The Morgan fingerprint density at radius 1 is 1.59 bits per heavy atom. The number of carbonyl (C=O) groups excluding carboxylic acids is 1. The van der Waals surface area contributed by atoms with Crippen LogP contribution in [0.1, 0.15) is 28.7 Å². The topological polar surface area (TPSA) is 34.9 Å². The van der Waals surface area contributed by atoms with E-state index in [4.69, 9.17) is 11.6 Å². The van der Waals surface area contributed by atoms with Crippen LogP contribution in [0.4, 0.5) is 0 Å². The number of hydrogen-bond acceptors (Lipinski definition) is 3. The summed E-state index contributed by atoms with van der Waals surface area (Å²) in [5.74, 6) is -0.0725. The van der Waals surface area contributed by atoms with E-state index in [1.165, 1.54) is 17.5 Å². The number of halogens is 2. The number of thiophene rings is 1. The Labute approximate surface area is 117 Å². The van der Waals surface area contributed by atoms with Crippen LogP contribution in [0.2, 0.25) is 5.02 Å². The molecule has 0 atom stereocenters. The molecule has 0 aromatic carbocycles. The van der Waals surface area contributed by atoms with Gasteiger partial charge in [0.05, 0.1) is 19.9 Å². The summed E-state index contributed by atoms with van der Waals surface area (Å²) in [6.45, 7) is 2.73. The summed E-state index contributed by atoms with van der Waals surface area (Å²) in [6.07, 6.45) is 2.43. The van der Waals surface area contributed by atoms with Crippen LogP contribution in [0.3, 0.4) is 0 Å². The predicted molar refractivity (Wildman–Crippen MR) is 73.0 cm³/mol. The Kier molecular flexibility index (Phi) is 4.01. The van der Waals surface area contributed by atoms with Gasteiger partial charge in [0.25, 0.3) is 0 Å². The van der Waals surface area contributed by atoms with Crippen molar-refractivity contribution in [3.05, 3.63) is 37.7 Å². The van der Waals surface area contributed by atoms with E-state index in [0.717, 1.165) is 10.2 Å². The van der Waals surface area contributed by atoms with E-state index in [0.29, 0.717) is 22.1 Å². The van der Waals surface area contributed by atoms with Crippen LogP contribution in [0.5, 0.6) is 0 Å². The minimum atomic E-state index is -0.0725. The van der Waals surface area contributed by atoms with Gasteiger partial charge in [-0.2, -0.15) is 5.10 Å². The van der Waals surface area contributed by atoms with E-state index < -0.39 is 0 Å². The van der Waals surface area contributed by atoms with Gasteiger partial charge in [-0.3, -0.25) is 9.48 Å². The van der Waals surface area contributed by atoms with E-state index in [1.54, 1.807) is 10.7 Å². The fraction of sp³-hybridized carbons (Fsp3) is 0.273. The Bertz CT molecular complexity index is 549. The maximum Gasteiger partial charge on any atom is 0.222 e. The van der Waals surface area contributed by atoms with Crippen LogP contribution in [-0.4, -0.2) is 15.6 Å². The summed E-state index contributed by atoms with van der Waals surface area (Å²) in [5.41, 5.74) is 0.475. The Balaban J connectivity index is 2.39. The average molecular weight is 334 g/mol. The van der Waals surface area contributed by atoms with E-state index in [2.05, 4.69) is 21.0 Å². The van der Waals surface area contributed by atoms with Crippen molar-refractivity contribution in [3.8, 4) is 0 Å². The summed E-state index contributed by atoms with van der Waals surface area (Å²) >= 11 is 10.8. The summed E-state index contributed by atoms with van der Waals surface area (Å²) in [5, 5.41) is 4.53. The molecule has 0 aliphatic rings. The minimum Gasteiger partial charge on any atom is -0.286 e. The molecule has 2 aromatic heterocycles. The Morgan fingerprint density at radius 2 is 2.35 bits per heavy atom. The first-order valence-corrected chi connectivity index (χ1v) is 7.13. The van der Waals surface area contributed by atoms with Crippen LogP contribution < -0.4 is 0 Å². The van der Waals surface area contributed by atoms with Crippen molar-refractivity contribution in [1.29, 1.82) is 0 Å². The highest BCUT2D eigenvalue weighted by Crippen LogP contribution is 2.27. The van der Waals surface area contributed by atoms with Crippen LogP contribution in [-0.2, 0) is 6.54 Å². The molecule has 2 heterocycles. The van der Waals surface area contributed by atoms with Gasteiger partial charge in [-0.15, -0.1) is 11.3 Å². The van der Waals surface area contributed by atoms with Gasteiger partial charge in [0.15, 0.2) is 0 Å². The SMILES string of the molecule is CCCn1ncc(Cl)c1C(=O)c1ccc(Br)s1. The molecule has 0 spiro atoms. The van der Waals surface area contributed by atoms with Gasteiger partial charge in [-0.05, 0) is 34.5 Å². The molecule has 90 valence electrons. The molecule has 6 heteroatoms. The number of nitrogens with zero attached hydrogens (tertiary/aromatic N) is 2. The van der Waals surface area contributed by atoms with E-state index in [-0.39, 0.29) is 5.78 Å². The molecule has 0 bridgehead atoms. The Hall–Kier alpha value is -0.650. The molecule has 2 rings (SSSR count). The van der Waals surface area contributed by atoms with Gasteiger partial charge >= 0.3 is 0 Å². The number of aryl methyl sites for hydroxylation is 1. The van der Waals surface area contributed by atoms with Gasteiger partial charge in [0.2, 0.25) is 5.78 Å². The van der Waals surface area contributed by atoms with Gasteiger partial charge in [-0.25, -0.2) is 0 Å². The van der Waals surface area contributed by atoms with Crippen molar-refractivity contribution >= 4 is 44.7 Å². The molecule has 0 unspecified atom stereocenters. The average Bonchev–Trinajstić information content (AvgIpc) is 2.86. The van der Waals surface area contributed by atoms with Crippen molar-refractivity contribution in [3.63, 3.8) is 0 Å². The molecular formula is C11H10BrClN2OS. The highest BCUT2D eigenvalue weighted by Gasteiger charge is 2.20. The van der Waals surface area contributed by atoms with Gasteiger partial charge < -0.3 is 0 Å². The first-order chi connectivity index (χ1) is 8.13. The zero-order chi connectivity index (χ0) is 12.4. The molecule has 0 fully saturated rings. The number of hydrogen-bond donors (Lipinski definition) is 0. The van der Waals surface area contributed by atoms with Crippen LogP contribution in [0.15, 0.2) is 22.1 Å². The summed E-state index contributed by atoms with van der Waals surface area (Å²) in [6, 6.07) is 3.64. The Morgan fingerprint density at radius 3 is 2.94 bits per heavy atom. The van der Waals surface area contributed by atoms with E-state index in [1.807, 2.05) is 13.0 Å². The van der Waals surface area contributed by atoms with Crippen LogP contribution in [0, 0.1) is 0 Å². The zero-order valence-electron chi connectivity index (χ0n) is 9.11. The predicted octanol–water partition coefficient (Wildman–Crippen LogP) is 4.00. The fourth-order valence-electron chi connectivity index (χ4n) is 1.52. The quantitative estimate of drug-likeness (QED) is 0.793. The number of rotatable bonds is 4. The molecule has 0 aliphatic heterocycles. The second-order valence-corrected chi connectivity index (χ2v) is 6.37. The molecule has 2 aromatic rings. The highest BCUT2D eigenvalue weighted by molar-refractivity contribution is 9.11. The second-order valence-electron chi connectivity index (χ2n) is 3.50. The maximum absolute atomic E-state index is 12.3. The molecule has 0 aliphatic carbocycles. The molecule has 0 radical (unpaired) electrons. The van der Waals surface area contributed by atoms with E-state index in [9.17, 15) is 4.79 Å². The number of carbonyl (C=O) groups is 1. The van der Waals surface area contributed by atoms with Crippen molar-refractivity contribution < 1.29 is 4.79 Å². The standard InChI is InChI=1S/C11H10BrClN2OS/c1-2-5-15-10(7(13)6-14-15)11(16)8-3-4-9(12)17-8/h3-4,6H,2,5H2,1H3. The first-order valence-electron chi connectivity index (χ1n) is 5.14. The fourth-order valence-corrected chi connectivity index (χ4v) is 3.08. The number of ketones is 1. The molecule has 3 nitrogen and oxygen atoms in total. The molecule has 17 heavy (non-hydrogen) atoms. The van der Waals surface area contributed by atoms with Crippen LogP contribution in [0.25, 0.3) is 0 Å². The van der Waals surface area contributed by atoms with Crippen molar-refractivity contribution in [1.82, 2.24) is 9.78 Å². The summed E-state index contributed by atoms with van der Waals surface area (Å²) in [7, 11) is 0. The zero-order valence-corrected chi connectivity index (χ0v) is 12.3. The molecule has 0 saturated heterocycles. The number of aromatic nitrogens is 2. The lowest BCUT2D eigenvalue weighted by Gasteiger charge is -2.04. The molecule has 0 N–H and O–H groups in total. The molecular weight excluding hydrogens is 324 g/mol. The first kappa shape index (κ1) is 12.8. The monoisotopic (exact) mass is 332 g/mol. The van der Waals surface area contributed by atoms with Crippen molar-refractivity contribution in [2.45, 2.75) is 19.9 Å². The lowest BCUT2D eigenvalue weighted by atomic mass is 10.2. The normalized spacial score (nSPS) is 10.8. The third-order valence-corrected chi connectivity index (χ3v) is 4.14. The maximum atomic E-state index is 12.3. The lowest BCUT2D eigenvalue weighted by molar-refractivity contribution is 0.103. The van der Waals surface area contributed by atoms with Gasteiger partial charge in [0, 0.05) is 6.54 Å². The highest BCUT2D eigenvalue weighted by atomic mass is 79.9. The third kappa shape index (κ3) is 2.61.